The maximum absolute atomic E-state index is 12.4. The van der Waals surface area contributed by atoms with E-state index in [1.165, 1.54) is 7.11 Å². The van der Waals surface area contributed by atoms with Crippen molar-refractivity contribution in [2.75, 3.05) is 20.3 Å². The molecule has 0 bridgehead atoms. The summed E-state index contributed by atoms with van der Waals surface area (Å²) >= 11 is 0. The molecule has 6 aliphatic rings. The van der Waals surface area contributed by atoms with Gasteiger partial charge in [0.15, 0.2) is 6.29 Å². The van der Waals surface area contributed by atoms with Crippen molar-refractivity contribution in [3.05, 3.63) is 11.6 Å². The van der Waals surface area contributed by atoms with Crippen molar-refractivity contribution in [3.63, 3.8) is 0 Å². The third-order valence-electron chi connectivity index (χ3n) is 12.2. The highest BCUT2D eigenvalue weighted by molar-refractivity contribution is 5.85. The highest BCUT2D eigenvalue weighted by Crippen LogP contribution is 2.70. The molecule has 0 aromatic carbocycles. The number of rotatable bonds is 5. The predicted octanol–water partition coefficient (Wildman–Crippen LogP) is 1.61. The van der Waals surface area contributed by atoms with E-state index in [-0.39, 0.29) is 48.1 Å². The summed E-state index contributed by atoms with van der Waals surface area (Å²) in [5, 5.41) is 45.8. The number of hydrogen-bond donors (Lipinski definition) is 4. The van der Waals surface area contributed by atoms with Crippen LogP contribution in [0, 0.1) is 34.5 Å². The van der Waals surface area contributed by atoms with E-state index in [1.807, 2.05) is 0 Å². The van der Waals surface area contributed by atoms with Crippen molar-refractivity contribution in [3.8, 4) is 0 Å². The second-order valence-electron chi connectivity index (χ2n) is 13.8. The lowest BCUT2D eigenvalue weighted by Gasteiger charge is -2.64. The number of hydrogen-bond acceptors (Lipinski definition) is 10. The van der Waals surface area contributed by atoms with Crippen molar-refractivity contribution in [2.24, 2.45) is 34.5 Å². The first kappa shape index (κ1) is 28.6. The summed E-state index contributed by atoms with van der Waals surface area (Å²) in [4.78, 5) is 24.2. The van der Waals surface area contributed by atoms with Crippen LogP contribution in [0.5, 0.6) is 0 Å². The van der Waals surface area contributed by atoms with E-state index in [9.17, 15) is 30.0 Å². The topological polar surface area (TPSA) is 152 Å². The van der Waals surface area contributed by atoms with E-state index < -0.39 is 47.2 Å². The Morgan fingerprint density at radius 1 is 1.12 bits per heavy atom. The number of fused-ring (bicyclic) bond motifs is 5. The third kappa shape index (κ3) is 3.89. The van der Waals surface area contributed by atoms with Gasteiger partial charge in [0.05, 0.1) is 31.0 Å². The number of aliphatic hydroxyl groups excluding tert-OH is 2. The van der Waals surface area contributed by atoms with Gasteiger partial charge in [0.25, 0.3) is 0 Å². The van der Waals surface area contributed by atoms with Gasteiger partial charge in [0.1, 0.15) is 6.61 Å². The fraction of sp³-hybridized carbons (Fsp3) is 0.867. The highest BCUT2D eigenvalue weighted by Gasteiger charge is 2.69. The first-order chi connectivity index (χ1) is 18.9. The molecule has 2 aliphatic heterocycles. The minimum absolute atomic E-state index is 0.0219. The molecule has 6 rings (SSSR count). The maximum atomic E-state index is 12.4. The Morgan fingerprint density at radius 3 is 2.58 bits per heavy atom. The number of esters is 2. The van der Waals surface area contributed by atoms with Crippen molar-refractivity contribution in [2.45, 2.75) is 107 Å². The summed E-state index contributed by atoms with van der Waals surface area (Å²) in [6.45, 7) is 4.12. The first-order valence-electron chi connectivity index (χ1n) is 14.9. The quantitative estimate of drug-likeness (QED) is 0.363. The molecule has 4 saturated carbocycles. The molecule has 10 heteroatoms. The summed E-state index contributed by atoms with van der Waals surface area (Å²) in [6, 6.07) is 0. The number of aliphatic hydroxyl groups is 4. The van der Waals surface area contributed by atoms with Gasteiger partial charge in [-0.05, 0) is 87.5 Å². The van der Waals surface area contributed by atoms with Gasteiger partial charge in [-0.15, -0.1) is 0 Å². The van der Waals surface area contributed by atoms with Crippen molar-refractivity contribution < 1.29 is 49.0 Å². The molecule has 5 fully saturated rings. The molecule has 0 amide bonds. The summed E-state index contributed by atoms with van der Waals surface area (Å²) < 4.78 is 21.9. The second kappa shape index (κ2) is 9.74. The summed E-state index contributed by atoms with van der Waals surface area (Å²) in [5.74, 6) is -0.983. The maximum Gasteiger partial charge on any atom is 0.343 e. The average molecular weight is 565 g/mol. The van der Waals surface area contributed by atoms with Crippen molar-refractivity contribution in [1.82, 2.24) is 0 Å². The molecule has 0 spiro atoms. The molecular formula is C30H44O10. The Bertz CT molecular complexity index is 1080. The van der Waals surface area contributed by atoms with Crippen LogP contribution < -0.4 is 0 Å². The van der Waals surface area contributed by atoms with Gasteiger partial charge in [-0.1, -0.05) is 6.92 Å². The van der Waals surface area contributed by atoms with Crippen LogP contribution >= 0.6 is 0 Å². The van der Waals surface area contributed by atoms with Gasteiger partial charge >= 0.3 is 11.9 Å². The Labute approximate surface area is 235 Å². The molecule has 0 aromatic heterocycles. The molecule has 40 heavy (non-hydrogen) atoms. The molecule has 4 N–H and O–H groups in total. The molecule has 0 radical (unpaired) electrons. The molecule has 10 nitrogen and oxygen atoms in total. The van der Waals surface area contributed by atoms with Crippen LogP contribution in [0.1, 0.15) is 71.6 Å². The Hall–Kier alpha value is -1.56. The van der Waals surface area contributed by atoms with E-state index in [0.717, 1.165) is 37.7 Å². The van der Waals surface area contributed by atoms with Crippen molar-refractivity contribution in [1.29, 1.82) is 0 Å². The molecule has 0 aromatic rings. The fourth-order valence-electron chi connectivity index (χ4n) is 10.2. The van der Waals surface area contributed by atoms with Gasteiger partial charge in [-0.25, -0.2) is 9.59 Å². The second-order valence-corrected chi connectivity index (χ2v) is 13.8. The van der Waals surface area contributed by atoms with Crippen LogP contribution in [-0.2, 0) is 28.5 Å². The number of ether oxygens (including phenoxy) is 4. The zero-order chi connectivity index (χ0) is 28.7. The van der Waals surface area contributed by atoms with Crippen LogP contribution in [0.3, 0.4) is 0 Å². The minimum atomic E-state index is -1.95. The van der Waals surface area contributed by atoms with E-state index in [1.54, 1.807) is 13.0 Å². The van der Waals surface area contributed by atoms with Crippen LogP contribution in [0.4, 0.5) is 0 Å². The van der Waals surface area contributed by atoms with E-state index in [2.05, 4.69) is 6.92 Å². The monoisotopic (exact) mass is 564 g/mol. The normalized spacial score (nSPS) is 51.9. The molecule has 4 aliphatic carbocycles. The standard InChI is InChI=1S/C30H44O10/c1-16-12-29(35,25(34)37-3)26(39-16)40-23-11-18-4-5-21-20(28(18,15-31)13-22(23)32)6-8-27(2)19(7-9-30(21,27)36)17-10-24(33)38-14-17/h10,16,18-23,26,31-32,35-36H,4-9,11-15H2,1-3H3/t16-,18+,19-,20+,21-,22-,23-,26+,27-,28-,29+,30+/m1/s1. The molecule has 2 heterocycles. The molecule has 1 saturated heterocycles. The van der Waals surface area contributed by atoms with Gasteiger partial charge in [0, 0.05) is 29.9 Å². The van der Waals surface area contributed by atoms with Crippen LogP contribution in [0.15, 0.2) is 11.6 Å². The lowest BCUT2D eigenvalue weighted by molar-refractivity contribution is -0.270. The lowest BCUT2D eigenvalue weighted by Crippen LogP contribution is -2.65. The number of carbonyl (C=O) groups excluding carboxylic acids is 2. The number of carbonyl (C=O) groups is 2. The van der Waals surface area contributed by atoms with E-state index >= 15 is 0 Å². The van der Waals surface area contributed by atoms with Crippen LogP contribution in [-0.4, -0.2) is 88.5 Å². The lowest BCUT2D eigenvalue weighted by atomic mass is 9.42. The summed E-state index contributed by atoms with van der Waals surface area (Å²) in [5.41, 5.74) is -2.84. The molecule has 0 unspecified atom stereocenters. The largest absolute Gasteiger partial charge is 0.467 e. The SMILES string of the molecule is COC(=O)[C@@]1(O)C[C@@H](C)O[C@H]1O[C@@H]1C[C@@H]2CC[C@@H]3[C@H](CC[C@]4(C)[C@@H](C5=CC(=O)OC5)CC[C@]34O)[C@@]2(CO)C[C@H]1O. The van der Waals surface area contributed by atoms with Crippen LogP contribution in [0.25, 0.3) is 0 Å². The van der Waals surface area contributed by atoms with Gasteiger partial charge in [-0.3, -0.25) is 0 Å². The zero-order valence-electron chi connectivity index (χ0n) is 23.7. The van der Waals surface area contributed by atoms with Crippen LogP contribution in [0.2, 0.25) is 0 Å². The van der Waals surface area contributed by atoms with Gasteiger partial charge in [0.2, 0.25) is 5.60 Å². The first-order valence-corrected chi connectivity index (χ1v) is 14.9. The third-order valence-corrected chi connectivity index (χ3v) is 12.2. The number of cyclic esters (lactones) is 1. The molecular weight excluding hydrogens is 520 g/mol. The summed E-state index contributed by atoms with van der Waals surface area (Å²) in [7, 11) is 1.21. The van der Waals surface area contributed by atoms with E-state index in [4.69, 9.17) is 18.9 Å². The highest BCUT2D eigenvalue weighted by atomic mass is 16.7. The van der Waals surface area contributed by atoms with E-state index in [0.29, 0.717) is 25.9 Å². The van der Waals surface area contributed by atoms with Gasteiger partial charge in [-0.2, -0.15) is 0 Å². The average Bonchev–Trinajstić information content (AvgIpc) is 3.56. The van der Waals surface area contributed by atoms with Gasteiger partial charge < -0.3 is 39.4 Å². The zero-order valence-corrected chi connectivity index (χ0v) is 23.7. The van der Waals surface area contributed by atoms with Crippen molar-refractivity contribution >= 4 is 11.9 Å². The Kier molecular flexibility index (Phi) is 6.95. The molecule has 12 atom stereocenters. The Balaban J connectivity index is 1.23. The smallest absolute Gasteiger partial charge is 0.343 e. The molecule has 224 valence electrons. The fourth-order valence-corrected chi connectivity index (χ4v) is 10.2. The minimum Gasteiger partial charge on any atom is -0.467 e. The predicted molar refractivity (Wildman–Crippen MR) is 139 cm³/mol. The number of methoxy groups -OCH3 is 1. The Morgan fingerprint density at radius 2 is 1.90 bits per heavy atom. The summed E-state index contributed by atoms with van der Waals surface area (Å²) in [6.07, 6.45) is 3.74.